The average Bonchev–Trinajstić information content (AvgIpc) is 3.11. The lowest BCUT2D eigenvalue weighted by atomic mass is 10.1. The van der Waals surface area contributed by atoms with E-state index in [0.717, 1.165) is 17.3 Å². The largest absolute Gasteiger partial charge is 0.241 e. The van der Waals surface area contributed by atoms with Crippen molar-refractivity contribution in [3.8, 4) is 0 Å². The molecule has 1 N–H and O–H groups in total. The molecule has 1 aromatic rings. The molecule has 0 bridgehead atoms. The van der Waals surface area contributed by atoms with Crippen LogP contribution in [0.3, 0.4) is 0 Å². The first-order valence-electron chi connectivity index (χ1n) is 5.39. The van der Waals surface area contributed by atoms with Crippen LogP contribution in [0.1, 0.15) is 12.8 Å². The van der Waals surface area contributed by atoms with Crippen molar-refractivity contribution in [2.45, 2.75) is 17.7 Å². The van der Waals surface area contributed by atoms with Gasteiger partial charge in [-0.25, -0.2) is 13.1 Å². The molecule has 100 valence electrons. The van der Waals surface area contributed by atoms with Crippen molar-refractivity contribution in [1.82, 2.24) is 4.72 Å². The summed E-state index contributed by atoms with van der Waals surface area (Å²) in [6.45, 7) is 0.401. The van der Waals surface area contributed by atoms with E-state index < -0.39 is 10.0 Å². The normalized spacial score (nSPS) is 17.7. The van der Waals surface area contributed by atoms with Gasteiger partial charge in [0.05, 0.1) is 4.90 Å². The lowest BCUT2D eigenvalue weighted by Gasteiger charge is -2.13. The van der Waals surface area contributed by atoms with Crippen molar-refractivity contribution in [2.75, 3.05) is 12.4 Å². The fourth-order valence-electron chi connectivity index (χ4n) is 1.54. The molecule has 0 heterocycles. The van der Waals surface area contributed by atoms with Crippen LogP contribution >= 0.6 is 43.5 Å². The van der Waals surface area contributed by atoms with Crippen molar-refractivity contribution in [3.63, 3.8) is 0 Å². The van der Waals surface area contributed by atoms with E-state index in [4.69, 9.17) is 11.6 Å². The fourth-order valence-corrected chi connectivity index (χ4v) is 4.56. The van der Waals surface area contributed by atoms with Crippen molar-refractivity contribution in [2.24, 2.45) is 5.41 Å². The minimum absolute atomic E-state index is 0.0346. The number of benzene rings is 1. The summed E-state index contributed by atoms with van der Waals surface area (Å²) < 4.78 is 28.3. The number of alkyl halides is 1. The van der Waals surface area contributed by atoms with Gasteiger partial charge in [-0.15, -0.1) is 11.6 Å². The summed E-state index contributed by atoms with van der Waals surface area (Å²) in [5.41, 5.74) is -0.0346. The van der Waals surface area contributed by atoms with Crippen LogP contribution in [-0.4, -0.2) is 20.8 Å². The van der Waals surface area contributed by atoms with Gasteiger partial charge in [-0.2, -0.15) is 0 Å². The Kier molecular flexibility index (Phi) is 4.44. The van der Waals surface area contributed by atoms with Gasteiger partial charge in [0.1, 0.15) is 0 Å². The van der Waals surface area contributed by atoms with Crippen molar-refractivity contribution in [3.05, 3.63) is 27.1 Å². The molecule has 0 saturated heterocycles. The van der Waals surface area contributed by atoms with E-state index >= 15 is 0 Å². The molecule has 0 amide bonds. The number of hydrogen-bond acceptors (Lipinski definition) is 2. The van der Waals surface area contributed by atoms with Crippen LogP contribution in [0, 0.1) is 5.41 Å². The summed E-state index contributed by atoms with van der Waals surface area (Å²) >= 11 is 12.4. The molecule has 2 rings (SSSR count). The molecule has 7 heteroatoms. The standard InChI is InChI=1S/C11H12Br2ClNO2S/c12-8-1-2-9(13)10(5-8)18(16,17)15-7-11(6-14)3-4-11/h1-2,5,15H,3-4,6-7H2. The van der Waals surface area contributed by atoms with Crippen LogP contribution < -0.4 is 4.72 Å². The summed E-state index contributed by atoms with van der Waals surface area (Å²) in [6.07, 6.45) is 1.97. The third-order valence-corrected chi connectivity index (χ3v) is 6.52. The molecule has 1 aliphatic carbocycles. The predicted molar refractivity (Wildman–Crippen MR) is 79.4 cm³/mol. The van der Waals surface area contributed by atoms with E-state index in [0.29, 0.717) is 16.9 Å². The highest BCUT2D eigenvalue weighted by atomic mass is 79.9. The van der Waals surface area contributed by atoms with E-state index in [1.54, 1.807) is 18.2 Å². The lowest BCUT2D eigenvalue weighted by molar-refractivity contribution is 0.534. The molecule has 18 heavy (non-hydrogen) atoms. The minimum atomic E-state index is -3.50. The number of nitrogens with one attached hydrogen (secondary N) is 1. The highest BCUT2D eigenvalue weighted by Crippen LogP contribution is 2.46. The van der Waals surface area contributed by atoms with Gasteiger partial charge in [-0.05, 0) is 52.4 Å². The Balaban J connectivity index is 2.18. The van der Waals surface area contributed by atoms with E-state index in [1.165, 1.54) is 0 Å². The van der Waals surface area contributed by atoms with Crippen molar-refractivity contribution in [1.29, 1.82) is 0 Å². The van der Waals surface area contributed by atoms with Gasteiger partial charge in [0.25, 0.3) is 0 Å². The van der Waals surface area contributed by atoms with Gasteiger partial charge < -0.3 is 0 Å². The topological polar surface area (TPSA) is 46.2 Å². The Labute approximate surface area is 129 Å². The molecule has 3 nitrogen and oxygen atoms in total. The molecule has 0 spiro atoms. The molecule has 0 atom stereocenters. The van der Waals surface area contributed by atoms with E-state index in [2.05, 4.69) is 36.6 Å². The average molecular weight is 418 g/mol. The lowest BCUT2D eigenvalue weighted by Crippen LogP contribution is -2.31. The fraction of sp³-hybridized carbons (Fsp3) is 0.455. The first-order valence-corrected chi connectivity index (χ1v) is 9.00. The highest BCUT2D eigenvalue weighted by molar-refractivity contribution is 9.11. The second kappa shape index (κ2) is 5.40. The molecule has 1 aromatic carbocycles. The van der Waals surface area contributed by atoms with Crippen molar-refractivity contribution < 1.29 is 8.42 Å². The van der Waals surface area contributed by atoms with E-state index in [9.17, 15) is 8.42 Å². The van der Waals surface area contributed by atoms with Gasteiger partial charge in [0.2, 0.25) is 10.0 Å². The summed E-state index contributed by atoms with van der Waals surface area (Å²) in [4.78, 5) is 0.238. The van der Waals surface area contributed by atoms with Gasteiger partial charge >= 0.3 is 0 Å². The summed E-state index contributed by atoms with van der Waals surface area (Å²) in [5.74, 6) is 0.495. The maximum absolute atomic E-state index is 12.2. The van der Waals surface area contributed by atoms with Gasteiger partial charge in [-0.1, -0.05) is 15.9 Å². The third kappa shape index (κ3) is 3.28. The zero-order valence-corrected chi connectivity index (χ0v) is 14.2. The van der Waals surface area contributed by atoms with Gasteiger partial charge in [0.15, 0.2) is 0 Å². The second-order valence-corrected chi connectivity index (χ2v) is 8.31. The molecular formula is C11H12Br2ClNO2S. The monoisotopic (exact) mass is 415 g/mol. The number of sulfonamides is 1. The number of rotatable bonds is 5. The number of halogens is 3. The smallest absolute Gasteiger partial charge is 0.211 e. The Hall–Kier alpha value is 0.380. The predicted octanol–water partition coefficient (Wildman–Crippen LogP) is 3.51. The second-order valence-electron chi connectivity index (χ2n) is 4.53. The molecule has 1 aliphatic rings. The van der Waals surface area contributed by atoms with Gasteiger partial charge in [0, 0.05) is 21.4 Å². The molecule has 0 aliphatic heterocycles. The summed E-state index contributed by atoms with van der Waals surface area (Å²) in [6, 6.07) is 5.06. The molecule has 1 saturated carbocycles. The Morgan fingerprint density at radius 2 is 2.00 bits per heavy atom. The maximum atomic E-state index is 12.2. The van der Waals surface area contributed by atoms with E-state index in [1.807, 2.05) is 0 Å². The molecule has 0 aromatic heterocycles. The summed E-state index contributed by atoms with van der Waals surface area (Å²) in [5, 5.41) is 0. The Bertz CT molecular complexity index is 558. The van der Waals surface area contributed by atoms with Crippen LogP contribution in [-0.2, 0) is 10.0 Å². The van der Waals surface area contributed by atoms with Crippen LogP contribution in [0.25, 0.3) is 0 Å². The quantitative estimate of drug-likeness (QED) is 0.746. The van der Waals surface area contributed by atoms with Crippen LogP contribution in [0.2, 0.25) is 0 Å². The Morgan fingerprint density at radius 3 is 2.56 bits per heavy atom. The van der Waals surface area contributed by atoms with E-state index in [-0.39, 0.29) is 10.3 Å². The number of hydrogen-bond donors (Lipinski definition) is 1. The highest BCUT2D eigenvalue weighted by Gasteiger charge is 2.42. The first-order chi connectivity index (χ1) is 8.38. The third-order valence-electron chi connectivity index (χ3n) is 3.06. The zero-order chi connectivity index (χ0) is 13.4. The van der Waals surface area contributed by atoms with Crippen LogP contribution in [0.5, 0.6) is 0 Å². The molecule has 0 unspecified atom stereocenters. The molecule has 0 radical (unpaired) electrons. The molecule has 1 fully saturated rings. The van der Waals surface area contributed by atoms with Gasteiger partial charge in [-0.3, -0.25) is 0 Å². The van der Waals surface area contributed by atoms with Crippen molar-refractivity contribution >= 4 is 53.5 Å². The minimum Gasteiger partial charge on any atom is -0.211 e. The maximum Gasteiger partial charge on any atom is 0.241 e. The SMILES string of the molecule is O=S(=O)(NCC1(CCl)CC1)c1cc(Br)ccc1Br. The van der Waals surface area contributed by atoms with Crippen LogP contribution in [0.4, 0.5) is 0 Å². The zero-order valence-electron chi connectivity index (χ0n) is 9.42. The first kappa shape index (κ1) is 14.8. The van der Waals surface area contributed by atoms with Crippen LogP contribution in [0.15, 0.2) is 32.0 Å². The Morgan fingerprint density at radius 1 is 1.33 bits per heavy atom. The molecular weight excluding hydrogens is 405 g/mol. The summed E-state index contributed by atoms with van der Waals surface area (Å²) in [7, 11) is -3.50.